The molecule has 140 valence electrons. The Hall–Kier alpha value is -2.99. The standard InChI is InChI=1S/C21H23N3O3/c1-3-23(4-2)14-15-27-21(26)19-17-12-8-9-13-18(17)20(25)24(22-19)16-10-6-5-7-11-16/h5-13H,3-4,14-15H2,1-2H3. The van der Waals surface area contributed by atoms with Gasteiger partial charge in [0.1, 0.15) is 6.61 Å². The Bertz CT molecular complexity index is 979. The van der Waals surface area contributed by atoms with Crippen molar-refractivity contribution in [2.75, 3.05) is 26.2 Å². The second-order valence-electron chi connectivity index (χ2n) is 6.11. The quantitative estimate of drug-likeness (QED) is 0.603. The zero-order chi connectivity index (χ0) is 19.2. The minimum atomic E-state index is -0.525. The summed E-state index contributed by atoms with van der Waals surface area (Å²) in [7, 11) is 0. The van der Waals surface area contributed by atoms with Crippen LogP contribution in [0, 0.1) is 0 Å². The fourth-order valence-electron chi connectivity index (χ4n) is 2.96. The molecule has 27 heavy (non-hydrogen) atoms. The van der Waals surface area contributed by atoms with Crippen molar-refractivity contribution in [3.63, 3.8) is 0 Å². The normalized spacial score (nSPS) is 11.1. The summed E-state index contributed by atoms with van der Waals surface area (Å²) in [5.41, 5.74) is 0.482. The summed E-state index contributed by atoms with van der Waals surface area (Å²) in [6.07, 6.45) is 0. The van der Waals surface area contributed by atoms with E-state index in [1.165, 1.54) is 4.68 Å². The first-order chi connectivity index (χ1) is 13.2. The molecule has 0 spiro atoms. The van der Waals surface area contributed by atoms with E-state index in [0.717, 1.165) is 13.1 Å². The largest absolute Gasteiger partial charge is 0.460 e. The van der Waals surface area contributed by atoms with Gasteiger partial charge in [0.15, 0.2) is 5.69 Å². The van der Waals surface area contributed by atoms with Gasteiger partial charge in [-0.2, -0.15) is 9.78 Å². The molecule has 0 aliphatic carbocycles. The fraction of sp³-hybridized carbons (Fsp3) is 0.286. The smallest absolute Gasteiger partial charge is 0.359 e. The van der Waals surface area contributed by atoms with Crippen LogP contribution in [0.4, 0.5) is 0 Å². The highest BCUT2D eigenvalue weighted by molar-refractivity contribution is 6.02. The van der Waals surface area contributed by atoms with Gasteiger partial charge in [0.25, 0.3) is 5.56 Å². The molecule has 0 saturated heterocycles. The van der Waals surface area contributed by atoms with Crippen molar-refractivity contribution >= 4 is 16.7 Å². The molecule has 6 heteroatoms. The molecule has 0 aliphatic rings. The number of ether oxygens (including phenoxy) is 1. The molecule has 0 amide bonds. The highest BCUT2D eigenvalue weighted by atomic mass is 16.5. The van der Waals surface area contributed by atoms with E-state index in [2.05, 4.69) is 23.8 Å². The number of nitrogens with zero attached hydrogens (tertiary/aromatic N) is 3. The van der Waals surface area contributed by atoms with Gasteiger partial charge in [0, 0.05) is 11.9 Å². The number of carbonyl (C=O) groups is 1. The van der Waals surface area contributed by atoms with E-state index >= 15 is 0 Å². The molecule has 2 aromatic carbocycles. The van der Waals surface area contributed by atoms with E-state index in [0.29, 0.717) is 23.0 Å². The molecule has 0 fully saturated rings. The molecule has 0 unspecified atom stereocenters. The number of benzene rings is 2. The molecule has 0 aliphatic heterocycles. The van der Waals surface area contributed by atoms with E-state index in [1.54, 1.807) is 36.4 Å². The summed E-state index contributed by atoms with van der Waals surface area (Å²) in [6, 6.07) is 16.0. The van der Waals surface area contributed by atoms with Gasteiger partial charge >= 0.3 is 5.97 Å². The molecule has 0 bridgehead atoms. The monoisotopic (exact) mass is 365 g/mol. The summed E-state index contributed by atoms with van der Waals surface area (Å²) in [5.74, 6) is -0.525. The molecular weight excluding hydrogens is 342 g/mol. The number of hydrogen-bond donors (Lipinski definition) is 0. The summed E-state index contributed by atoms with van der Waals surface area (Å²) in [5, 5.41) is 5.26. The molecule has 0 radical (unpaired) electrons. The Morgan fingerprint density at radius 2 is 1.63 bits per heavy atom. The molecular formula is C21H23N3O3. The van der Waals surface area contributed by atoms with Gasteiger partial charge in [-0.3, -0.25) is 4.79 Å². The average Bonchev–Trinajstić information content (AvgIpc) is 2.72. The number of aromatic nitrogens is 2. The lowest BCUT2D eigenvalue weighted by Gasteiger charge is -2.17. The van der Waals surface area contributed by atoms with Gasteiger partial charge in [0.2, 0.25) is 0 Å². The molecule has 0 saturated carbocycles. The van der Waals surface area contributed by atoms with Crippen LogP contribution in [0.5, 0.6) is 0 Å². The van der Waals surface area contributed by atoms with Crippen LogP contribution in [-0.4, -0.2) is 46.9 Å². The van der Waals surface area contributed by atoms with Crippen molar-refractivity contribution in [1.29, 1.82) is 0 Å². The lowest BCUT2D eigenvalue weighted by molar-refractivity contribution is 0.0460. The van der Waals surface area contributed by atoms with Gasteiger partial charge in [0.05, 0.1) is 11.1 Å². The van der Waals surface area contributed by atoms with Gasteiger partial charge in [-0.1, -0.05) is 50.2 Å². The number of esters is 1. The Kier molecular flexibility index (Phi) is 5.98. The molecule has 3 aromatic rings. The zero-order valence-corrected chi connectivity index (χ0v) is 15.6. The number of likely N-dealkylation sites (N-methyl/N-ethyl adjacent to an activating group) is 1. The van der Waals surface area contributed by atoms with Gasteiger partial charge in [-0.25, -0.2) is 4.79 Å². The molecule has 1 heterocycles. The highest BCUT2D eigenvalue weighted by Crippen LogP contribution is 2.16. The summed E-state index contributed by atoms with van der Waals surface area (Å²) in [6.45, 7) is 6.87. The van der Waals surface area contributed by atoms with Crippen LogP contribution in [0.15, 0.2) is 59.4 Å². The van der Waals surface area contributed by atoms with Crippen molar-refractivity contribution < 1.29 is 9.53 Å². The lowest BCUT2D eigenvalue weighted by Crippen LogP contribution is -2.29. The van der Waals surface area contributed by atoms with Crippen LogP contribution in [0.3, 0.4) is 0 Å². The lowest BCUT2D eigenvalue weighted by atomic mass is 10.1. The van der Waals surface area contributed by atoms with E-state index in [1.807, 2.05) is 18.2 Å². The third-order valence-corrected chi connectivity index (χ3v) is 4.53. The molecule has 0 atom stereocenters. The minimum Gasteiger partial charge on any atom is -0.460 e. The Morgan fingerprint density at radius 3 is 2.30 bits per heavy atom. The third kappa shape index (κ3) is 4.06. The predicted molar refractivity (Wildman–Crippen MR) is 105 cm³/mol. The van der Waals surface area contributed by atoms with Crippen LogP contribution in [0.25, 0.3) is 16.5 Å². The van der Waals surface area contributed by atoms with Crippen molar-refractivity contribution in [2.24, 2.45) is 0 Å². The van der Waals surface area contributed by atoms with Crippen molar-refractivity contribution in [2.45, 2.75) is 13.8 Å². The average molecular weight is 365 g/mol. The maximum Gasteiger partial charge on any atom is 0.359 e. The molecule has 3 rings (SSSR count). The van der Waals surface area contributed by atoms with Gasteiger partial charge in [-0.05, 0) is 31.3 Å². The van der Waals surface area contributed by atoms with Crippen LogP contribution in [-0.2, 0) is 4.74 Å². The molecule has 0 N–H and O–H groups in total. The van der Waals surface area contributed by atoms with E-state index < -0.39 is 5.97 Å². The summed E-state index contributed by atoms with van der Waals surface area (Å²) in [4.78, 5) is 27.7. The Labute approximate surface area is 158 Å². The highest BCUT2D eigenvalue weighted by Gasteiger charge is 2.18. The second kappa shape index (κ2) is 8.60. The summed E-state index contributed by atoms with van der Waals surface area (Å²) < 4.78 is 6.70. The number of rotatable bonds is 7. The van der Waals surface area contributed by atoms with Crippen molar-refractivity contribution in [3.05, 3.63) is 70.6 Å². The summed E-state index contributed by atoms with van der Waals surface area (Å²) >= 11 is 0. The first-order valence-corrected chi connectivity index (χ1v) is 9.12. The Morgan fingerprint density at radius 1 is 1.00 bits per heavy atom. The second-order valence-corrected chi connectivity index (χ2v) is 6.11. The maximum atomic E-state index is 12.8. The van der Waals surface area contributed by atoms with E-state index in [4.69, 9.17) is 4.74 Å². The maximum absolute atomic E-state index is 12.8. The van der Waals surface area contributed by atoms with E-state index in [-0.39, 0.29) is 17.9 Å². The van der Waals surface area contributed by atoms with E-state index in [9.17, 15) is 9.59 Å². The number of carbonyl (C=O) groups excluding carboxylic acids is 1. The molecule has 1 aromatic heterocycles. The first kappa shape index (κ1) is 18.8. The Balaban J connectivity index is 1.98. The van der Waals surface area contributed by atoms with Crippen molar-refractivity contribution in [1.82, 2.24) is 14.7 Å². The topological polar surface area (TPSA) is 64.4 Å². The van der Waals surface area contributed by atoms with Crippen molar-refractivity contribution in [3.8, 4) is 5.69 Å². The first-order valence-electron chi connectivity index (χ1n) is 9.12. The number of fused-ring (bicyclic) bond motifs is 1. The predicted octanol–water partition coefficient (Wildman–Crippen LogP) is 2.88. The number of hydrogen-bond acceptors (Lipinski definition) is 5. The number of para-hydroxylation sites is 1. The zero-order valence-electron chi connectivity index (χ0n) is 15.6. The van der Waals surface area contributed by atoms with Gasteiger partial charge < -0.3 is 9.64 Å². The fourth-order valence-corrected chi connectivity index (χ4v) is 2.96. The van der Waals surface area contributed by atoms with Crippen LogP contribution in [0.1, 0.15) is 24.3 Å². The molecule has 6 nitrogen and oxygen atoms in total. The third-order valence-electron chi connectivity index (χ3n) is 4.53. The van der Waals surface area contributed by atoms with Gasteiger partial charge in [-0.15, -0.1) is 0 Å². The van der Waals surface area contributed by atoms with Crippen LogP contribution < -0.4 is 5.56 Å². The van der Waals surface area contributed by atoms with Crippen LogP contribution in [0.2, 0.25) is 0 Å². The minimum absolute atomic E-state index is 0.147. The van der Waals surface area contributed by atoms with Crippen LogP contribution >= 0.6 is 0 Å². The SMILES string of the molecule is CCN(CC)CCOC(=O)c1nn(-c2ccccc2)c(=O)c2ccccc12.